The van der Waals surface area contributed by atoms with Crippen molar-refractivity contribution in [3.8, 4) is 0 Å². The van der Waals surface area contributed by atoms with Gasteiger partial charge in [0.1, 0.15) is 0 Å². The zero-order valence-electron chi connectivity index (χ0n) is 14.0. The van der Waals surface area contributed by atoms with E-state index in [1.165, 1.54) is 57.8 Å². The summed E-state index contributed by atoms with van der Waals surface area (Å²) in [5, 5.41) is -0.412. The van der Waals surface area contributed by atoms with Crippen molar-refractivity contribution in [1.29, 1.82) is 0 Å². The second kappa shape index (κ2) is 15.8. The average molecular weight is 351 g/mol. The first-order valence-electron chi connectivity index (χ1n) is 8.89. The van der Waals surface area contributed by atoms with Gasteiger partial charge < -0.3 is 0 Å². The zero-order chi connectivity index (χ0) is 16.6. The molecule has 0 N–H and O–H groups in total. The summed E-state index contributed by atoms with van der Waals surface area (Å²) < 4.78 is 0. The van der Waals surface area contributed by atoms with Gasteiger partial charge in [0.25, 0.3) is 0 Å². The van der Waals surface area contributed by atoms with Gasteiger partial charge in [0, 0.05) is 12.8 Å². The highest BCUT2D eigenvalue weighted by Crippen LogP contribution is 2.17. The van der Waals surface area contributed by atoms with Crippen molar-refractivity contribution < 1.29 is 9.59 Å². The lowest BCUT2D eigenvalue weighted by atomic mass is 9.97. The van der Waals surface area contributed by atoms with E-state index in [1.807, 2.05) is 0 Å². The molecule has 0 aliphatic rings. The molecule has 1 unspecified atom stereocenters. The molecule has 22 heavy (non-hydrogen) atoms. The van der Waals surface area contributed by atoms with Gasteiger partial charge in [-0.25, -0.2) is 0 Å². The lowest BCUT2D eigenvalue weighted by Crippen LogP contribution is -1.97. The Bertz CT molecular complexity index is 293. The van der Waals surface area contributed by atoms with Crippen LogP contribution in [0.3, 0.4) is 0 Å². The zero-order valence-corrected chi connectivity index (χ0v) is 15.6. The number of rotatable bonds is 16. The van der Waals surface area contributed by atoms with E-state index in [-0.39, 0.29) is 10.5 Å². The number of hydrogen-bond donors (Lipinski definition) is 0. The highest BCUT2D eigenvalue weighted by Gasteiger charge is 2.04. The lowest BCUT2D eigenvalue weighted by molar-refractivity contribution is -0.112. The minimum atomic E-state index is -0.207. The van der Waals surface area contributed by atoms with E-state index in [4.69, 9.17) is 23.2 Å². The quantitative estimate of drug-likeness (QED) is 0.231. The third kappa shape index (κ3) is 18.0. The molecule has 0 rings (SSSR count). The maximum absolute atomic E-state index is 10.7. The summed E-state index contributed by atoms with van der Waals surface area (Å²) >= 11 is 10.6. The van der Waals surface area contributed by atoms with Gasteiger partial charge in [-0.05, 0) is 42.0 Å². The Morgan fingerprint density at radius 3 is 1.50 bits per heavy atom. The van der Waals surface area contributed by atoms with Crippen molar-refractivity contribution in [3.05, 3.63) is 0 Å². The SMILES string of the molecule is CC(CCCCCCCCCCCCC(=O)Cl)CCC(=O)Cl. The molecule has 0 aromatic carbocycles. The Balaban J connectivity index is 3.14. The molecule has 0 saturated carbocycles. The van der Waals surface area contributed by atoms with Crippen LogP contribution in [0.2, 0.25) is 0 Å². The normalized spacial score (nSPS) is 12.3. The molecular weight excluding hydrogens is 319 g/mol. The van der Waals surface area contributed by atoms with E-state index in [0.29, 0.717) is 18.8 Å². The first kappa shape index (κ1) is 21.9. The van der Waals surface area contributed by atoms with Gasteiger partial charge in [-0.3, -0.25) is 9.59 Å². The largest absolute Gasteiger partial charge is 0.281 e. The van der Waals surface area contributed by atoms with E-state index in [1.54, 1.807) is 0 Å². The molecule has 0 aromatic rings. The van der Waals surface area contributed by atoms with Crippen LogP contribution in [0.25, 0.3) is 0 Å². The molecule has 0 aliphatic heterocycles. The van der Waals surface area contributed by atoms with E-state index >= 15 is 0 Å². The molecule has 0 heterocycles. The second-order valence-corrected chi connectivity index (χ2v) is 7.27. The van der Waals surface area contributed by atoms with Crippen LogP contribution in [-0.2, 0) is 9.59 Å². The monoisotopic (exact) mass is 350 g/mol. The van der Waals surface area contributed by atoms with E-state index in [0.717, 1.165) is 19.3 Å². The minimum Gasteiger partial charge on any atom is -0.281 e. The number of unbranched alkanes of at least 4 members (excludes halogenated alkanes) is 9. The standard InChI is InChI=1S/C18H32Cl2O2/c1-16(14-15-18(20)22)12-10-8-6-4-2-3-5-7-9-11-13-17(19)21/h16H,2-15H2,1H3. The van der Waals surface area contributed by atoms with Crippen molar-refractivity contribution in [1.82, 2.24) is 0 Å². The van der Waals surface area contributed by atoms with Crippen LogP contribution in [-0.4, -0.2) is 10.5 Å². The summed E-state index contributed by atoms with van der Waals surface area (Å²) in [6.45, 7) is 2.21. The van der Waals surface area contributed by atoms with Gasteiger partial charge >= 0.3 is 0 Å². The first-order valence-corrected chi connectivity index (χ1v) is 9.64. The van der Waals surface area contributed by atoms with Gasteiger partial charge in [-0.15, -0.1) is 0 Å². The molecule has 0 bridgehead atoms. The van der Waals surface area contributed by atoms with Gasteiger partial charge in [0.2, 0.25) is 10.5 Å². The van der Waals surface area contributed by atoms with Crippen LogP contribution < -0.4 is 0 Å². The van der Waals surface area contributed by atoms with E-state index < -0.39 is 0 Å². The van der Waals surface area contributed by atoms with Gasteiger partial charge in [-0.2, -0.15) is 0 Å². The first-order chi connectivity index (χ1) is 10.5. The Hall–Kier alpha value is -0.0800. The molecule has 0 aliphatic carbocycles. The molecule has 2 nitrogen and oxygen atoms in total. The van der Waals surface area contributed by atoms with Crippen molar-refractivity contribution in [2.45, 2.75) is 96.8 Å². The number of carbonyl (C=O) groups is 2. The summed E-state index contributed by atoms with van der Waals surface area (Å²) in [5.41, 5.74) is 0. The number of hydrogen-bond acceptors (Lipinski definition) is 2. The van der Waals surface area contributed by atoms with Crippen LogP contribution in [0, 0.1) is 5.92 Å². The highest BCUT2D eigenvalue weighted by molar-refractivity contribution is 6.63. The fourth-order valence-corrected chi connectivity index (χ4v) is 2.92. The molecule has 1 atom stereocenters. The smallest absolute Gasteiger partial charge is 0.221 e. The van der Waals surface area contributed by atoms with E-state index in [9.17, 15) is 9.59 Å². The predicted molar refractivity (Wildman–Crippen MR) is 95.5 cm³/mol. The second-order valence-electron chi connectivity index (χ2n) is 6.43. The summed E-state index contributed by atoms with van der Waals surface area (Å²) in [4.78, 5) is 21.2. The Morgan fingerprint density at radius 1 is 0.636 bits per heavy atom. The van der Waals surface area contributed by atoms with Gasteiger partial charge in [-0.1, -0.05) is 71.1 Å². The van der Waals surface area contributed by atoms with Crippen molar-refractivity contribution in [2.75, 3.05) is 0 Å². The fraction of sp³-hybridized carbons (Fsp3) is 0.889. The molecule has 0 fully saturated rings. The summed E-state index contributed by atoms with van der Waals surface area (Å²) in [5.74, 6) is 0.613. The molecular formula is C18H32Cl2O2. The fourth-order valence-electron chi connectivity index (χ4n) is 2.68. The topological polar surface area (TPSA) is 34.1 Å². The average Bonchev–Trinajstić information content (AvgIpc) is 2.45. The maximum atomic E-state index is 10.7. The molecule has 0 spiro atoms. The molecule has 130 valence electrons. The Kier molecular flexibility index (Phi) is 15.7. The van der Waals surface area contributed by atoms with Crippen molar-refractivity contribution >= 4 is 33.7 Å². The van der Waals surface area contributed by atoms with Crippen LogP contribution in [0.5, 0.6) is 0 Å². The summed E-state index contributed by atoms with van der Waals surface area (Å²) in [7, 11) is 0. The van der Waals surface area contributed by atoms with Gasteiger partial charge in [0.15, 0.2) is 0 Å². The number of carbonyl (C=O) groups excluding carboxylic acids is 2. The summed E-state index contributed by atoms with van der Waals surface area (Å²) in [6, 6.07) is 0. The minimum absolute atomic E-state index is 0.205. The van der Waals surface area contributed by atoms with Crippen LogP contribution in [0.15, 0.2) is 0 Å². The van der Waals surface area contributed by atoms with Crippen LogP contribution >= 0.6 is 23.2 Å². The van der Waals surface area contributed by atoms with E-state index in [2.05, 4.69) is 6.92 Å². The maximum Gasteiger partial charge on any atom is 0.221 e. The molecule has 0 amide bonds. The van der Waals surface area contributed by atoms with Crippen molar-refractivity contribution in [2.24, 2.45) is 5.92 Å². The number of halogens is 2. The third-order valence-electron chi connectivity index (χ3n) is 4.15. The van der Waals surface area contributed by atoms with Crippen LogP contribution in [0.1, 0.15) is 96.8 Å². The molecule has 0 saturated heterocycles. The predicted octanol–water partition coefficient (Wildman–Crippen LogP) is 6.61. The third-order valence-corrected chi connectivity index (χ3v) is 4.53. The Morgan fingerprint density at radius 2 is 1.05 bits per heavy atom. The summed E-state index contributed by atoms with van der Waals surface area (Å²) in [6.07, 6.45) is 15.6. The van der Waals surface area contributed by atoms with Crippen LogP contribution in [0.4, 0.5) is 0 Å². The molecule has 4 heteroatoms. The lowest BCUT2D eigenvalue weighted by Gasteiger charge is -2.09. The molecule has 0 aromatic heterocycles. The highest BCUT2D eigenvalue weighted by atomic mass is 35.5. The Labute approximate surface area is 146 Å². The molecule has 0 radical (unpaired) electrons. The van der Waals surface area contributed by atoms with Gasteiger partial charge in [0.05, 0.1) is 0 Å². The van der Waals surface area contributed by atoms with Crippen molar-refractivity contribution in [3.63, 3.8) is 0 Å².